The molecule has 5 rings (SSSR count). The van der Waals surface area contributed by atoms with Crippen molar-refractivity contribution in [2.24, 2.45) is 5.92 Å². The monoisotopic (exact) mass is 519 g/mol. The maximum atomic E-state index is 15.2. The van der Waals surface area contributed by atoms with Crippen molar-refractivity contribution >= 4 is 11.8 Å². The number of aryl methyl sites for hydroxylation is 2. The number of aliphatic carboxylic acids is 1. The van der Waals surface area contributed by atoms with E-state index in [-0.39, 0.29) is 23.7 Å². The van der Waals surface area contributed by atoms with Gasteiger partial charge in [-0.2, -0.15) is 0 Å². The zero-order valence-corrected chi connectivity index (χ0v) is 22.2. The van der Waals surface area contributed by atoms with Crippen LogP contribution in [-0.2, 0) is 11.2 Å². The van der Waals surface area contributed by atoms with E-state index in [9.17, 15) is 9.90 Å². The standard InChI is InChI=1S/C30H34FN3O4/c1-16-11-18(38-10-9-30(3,4)37)12-17(2)27(16)19-5-7-23(31)28-20(19)6-8-24(28)34-26-15-32-25(14-33-26)21-13-22(21)29(35)36/h5,7,11-12,14-15,21-22,24,37H,6,8-10,13H2,1-4H3,(H,33,34)(H,35,36)/t21-,22-,24?/m0/s1. The van der Waals surface area contributed by atoms with E-state index in [0.29, 0.717) is 36.5 Å². The Bertz CT molecular complexity index is 1340. The fraction of sp³-hybridized carbons (Fsp3) is 0.433. The predicted octanol–water partition coefficient (Wildman–Crippen LogP) is 5.73. The summed E-state index contributed by atoms with van der Waals surface area (Å²) in [7, 11) is 0. The molecule has 1 saturated carbocycles. The highest BCUT2D eigenvalue weighted by atomic mass is 19.1. The van der Waals surface area contributed by atoms with Gasteiger partial charge in [-0.3, -0.25) is 9.78 Å². The molecule has 1 fully saturated rings. The highest BCUT2D eigenvalue weighted by molar-refractivity contribution is 5.77. The summed E-state index contributed by atoms with van der Waals surface area (Å²) in [6.45, 7) is 8.03. The third-order valence-corrected chi connectivity index (χ3v) is 7.57. The summed E-state index contributed by atoms with van der Waals surface area (Å²) in [5, 5.41) is 22.4. The number of anilines is 1. The molecule has 7 nitrogen and oxygen atoms in total. The molecule has 2 aliphatic rings. The minimum atomic E-state index is -0.800. The number of benzene rings is 2. The van der Waals surface area contributed by atoms with Gasteiger partial charge in [-0.1, -0.05) is 6.07 Å². The Morgan fingerprint density at radius 1 is 1.18 bits per heavy atom. The van der Waals surface area contributed by atoms with Crippen molar-refractivity contribution in [3.05, 3.63) is 70.4 Å². The maximum absolute atomic E-state index is 15.2. The summed E-state index contributed by atoms with van der Waals surface area (Å²) in [5.74, 6) is -0.194. The fourth-order valence-electron chi connectivity index (χ4n) is 5.52. The molecule has 3 aromatic rings. The van der Waals surface area contributed by atoms with E-state index in [4.69, 9.17) is 9.84 Å². The minimum absolute atomic E-state index is 0.0777. The molecule has 1 unspecified atom stereocenters. The Kier molecular flexibility index (Phi) is 6.86. The lowest BCUT2D eigenvalue weighted by atomic mass is 9.90. The SMILES string of the molecule is Cc1cc(OCCC(C)(C)O)cc(C)c1-c1ccc(F)c2c1CCC2Nc1cnc([C@H]2C[C@@H]2C(=O)O)cn1. The van der Waals surface area contributed by atoms with Gasteiger partial charge in [0.05, 0.1) is 42.3 Å². The molecule has 3 N–H and O–H groups in total. The number of rotatable bonds is 9. The van der Waals surface area contributed by atoms with E-state index < -0.39 is 11.6 Å². The summed E-state index contributed by atoms with van der Waals surface area (Å²) in [6, 6.07) is 7.17. The molecule has 0 spiro atoms. The number of halogens is 1. The number of carboxylic acids is 1. The molecule has 8 heteroatoms. The van der Waals surface area contributed by atoms with Crippen LogP contribution in [0.2, 0.25) is 0 Å². The number of aromatic nitrogens is 2. The van der Waals surface area contributed by atoms with Crippen molar-refractivity contribution in [1.82, 2.24) is 9.97 Å². The minimum Gasteiger partial charge on any atom is -0.493 e. The largest absolute Gasteiger partial charge is 0.493 e. The molecule has 0 aliphatic heterocycles. The van der Waals surface area contributed by atoms with Crippen molar-refractivity contribution in [3.63, 3.8) is 0 Å². The van der Waals surface area contributed by atoms with Crippen LogP contribution in [0.15, 0.2) is 36.7 Å². The molecule has 2 aliphatic carbocycles. The van der Waals surface area contributed by atoms with Gasteiger partial charge in [0.2, 0.25) is 0 Å². The van der Waals surface area contributed by atoms with Crippen LogP contribution in [-0.4, -0.2) is 38.4 Å². The molecule has 1 heterocycles. The molecule has 1 aromatic heterocycles. The van der Waals surface area contributed by atoms with Crippen LogP contribution in [0.5, 0.6) is 5.75 Å². The van der Waals surface area contributed by atoms with Gasteiger partial charge in [0, 0.05) is 17.9 Å². The first kappa shape index (κ1) is 26.1. The Morgan fingerprint density at radius 2 is 1.92 bits per heavy atom. The lowest BCUT2D eigenvalue weighted by Gasteiger charge is -2.20. The second-order valence-corrected chi connectivity index (χ2v) is 11.2. The first-order valence-corrected chi connectivity index (χ1v) is 13.1. The number of nitrogens with one attached hydrogen (secondary N) is 1. The summed E-state index contributed by atoms with van der Waals surface area (Å²) in [5.41, 5.74) is 5.77. The van der Waals surface area contributed by atoms with Crippen molar-refractivity contribution in [2.45, 2.75) is 70.9 Å². The van der Waals surface area contributed by atoms with Gasteiger partial charge in [0.1, 0.15) is 17.4 Å². The average molecular weight is 520 g/mol. The zero-order chi connectivity index (χ0) is 27.2. The number of hydrogen-bond donors (Lipinski definition) is 3. The van der Waals surface area contributed by atoms with Crippen molar-refractivity contribution < 1.29 is 24.1 Å². The van der Waals surface area contributed by atoms with E-state index in [1.807, 2.05) is 32.0 Å². The van der Waals surface area contributed by atoms with Crippen LogP contribution < -0.4 is 10.1 Å². The first-order valence-electron chi connectivity index (χ1n) is 13.1. The molecule has 0 saturated heterocycles. The molecule has 0 bridgehead atoms. The van der Waals surface area contributed by atoms with E-state index in [2.05, 4.69) is 15.3 Å². The number of carbonyl (C=O) groups is 1. The Balaban J connectivity index is 1.36. The third kappa shape index (κ3) is 5.36. The second-order valence-electron chi connectivity index (χ2n) is 11.2. The third-order valence-electron chi connectivity index (χ3n) is 7.57. The quantitative estimate of drug-likeness (QED) is 0.332. The zero-order valence-electron chi connectivity index (χ0n) is 22.2. The average Bonchev–Trinajstić information content (AvgIpc) is 3.54. The van der Waals surface area contributed by atoms with Crippen LogP contribution in [0.25, 0.3) is 11.1 Å². The number of hydrogen-bond acceptors (Lipinski definition) is 6. The van der Waals surface area contributed by atoms with Gasteiger partial charge >= 0.3 is 5.97 Å². The molecule has 0 amide bonds. The van der Waals surface area contributed by atoms with Crippen LogP contribution in [0.4, 0.5) is 10.2 Å². The molecule has 38 heavy (non-hydrogen) atoms. The van der Waals surface area contributed by atoms with Crippen molar-refractivity contribution in [2.75, 3.05) is 11.9 Å². The lowest BCUT2D eigenvalue weighted by molar-refractivity contribution is -0.138. The lowest BCUT2D eigenvalue weighted by Crippen LogP contribution is -2.21. The van der Waals surface area contributed by atoms with Crippen LogP contribution >= 0.6 is 0 Å². The van der Waals surface area contributed by atoms with Gasteiger partial charge in [-0.05, 0) is 93.0 Å². The second kappa shape index (κ2) is 9.98. The van der Waals surface area contributed by atoms with Gasteiger partial charge in [0.15, 0.2) is 0 Å². The predicted molar refractivity (Wildman–Crippen MR) is 143 cm³/mol. The summed E-state index contributed by atoms with van der Waals surface area (Å²) >= 11 is 0. The Morgan fingerprint density at radius 3 is 2.53 bits per heavy atom. The van der Waals surface area contributed by atoms with Crippen LogP contribution in [0.3, 0.4) is 0 Å². The van der Waals surface area contributed by atoms with Crippen molar-refractivity contribution in [3.8, 4) is 16.9 Å². The molecule has 200 valence electrons. The molecular formula is C30H34FN3O4. The highest BCUT2D eigenvalue weighted by Gasteiger charge is 2.45. The molecule has 2 aromatic carbocycles. The van der Waals surface area contributed by atoms with Crippen LogP contribution in [0.1, 0.15) is 73.0 Å². The van der Waals surface area contributed by atoms with Gasteiger partial charge in [-0.15, -0.1) is 0 Å². The maximum Gasteiger partial charge on any atom is 0.307 e. The van der Waals surface area contributed by atoms with E-state index in [0.717, 1.165) is 46.4 Å². The topological polar surface area (TPSA) is 105 Å². The number of fused-ring (bicyclic) bond motifs is 1. The van der Waals surface area contributed by atoms with E-state index in [1.54, 1.807) is 26.2 Å². The summed E-state index contributed by atoms with van der Waals surface area (Å²) in [4.78, 5) is 20.0. The molecular weight excluding hydrogens is 485 g/mol. The smallest absolute Gasteiger partial charge is 0.307 e. The number of nitrogens with zero attached hydrogens (tertiary/aromatic N) is 2. The Labute approximate surface area is 222 Å². The van der Waals surface area contributed by atoms with Crippen LogP contribution in [0, 0.1) is 25.6 Å². The number of carboxylic acid groups (broad SMARTS) is 1. The van der Waals surface area contributed by atoms with E-state index >= 15 is 4.39 Å². The van der Waals surface area contributed by atoms with E-state index in [1.165, 1.54) is 6.07 Å². The highest BCUT2D eigenvalue weighted by Crippen LogP contribution is 2.47. The Hall–Kier alpha value is -3.52. The number of aliphatic hydroxyl groups is 1. The molecule has 3 atom stereocenters. The van der Waals surface area contributed by atoms with Gasteiger partial charge in [0.25, 0.3) is 0 Å². The fourth-order valence-corrected chi connectivity index (χ4v) is 5.52. The molecule has 0 radical (unpaired) electrons. The van der Waals surface area contributed by atoms with Gasteiger partial charge in [-0.25, -0.2) is 9.37 Å². The number of ether oxygens (including phenoxy) is 1. The first-order chi connectivity index (χ1) is 18.0. The summed E-state index contributed by atoms with van der Waals surface area (Å²) in [6.07, 6.45) is 5.81. The van der Waals surface area contributed by atoms with Gasteiger partial charge < -0.3 is 20.3 Å². The van der Waals surface area contributed by atoms with Crippen molar-refractivity contribution in [1.29, 1.82) is 0 Å². The summed E-state index contributed by atoms with van der Waals surface area (Å²) < 4.78 is 21.1. The normalized spacial score (nSPS) is 20.2.